The zero-order valence-corrected chi connectivity index (χ0v) is 8.11. The quantitative estimate of drug-likeness (QED) is 0.631. The molecule has 0 radical (unpaired) electrons. The van der Waals surface area contributed by atoms with Gasteiger partial charge in [-0.3, -0.25) is 0 Å². The van der Waals surface area contributed by atoms with Crippen molar-refractivity contribution in [1.82, 2.24) is 0 Å². The summed E-state index contributed by atoms with van der Waals surface area (Å²) in [7, 11) is 0. The lowest BCUT2D eigenvalue weighted by molar-refractivity contribution is 0.304. The molecule has 3 heteroatoms. The molecule has 0 aliphatic carbocycles. The van der Waals surface area contributed by atoms with Gasteiger partial charge in [-0.25, -0.2) is 0 Å². The Labute approximate surface area is 83.2 Å². The molecule has 0 N–H and O–H groups in total. The van der Waals surface area contributed by atoms with Gasteiger partial charge >= 0.3 is 0 Å². The SMILES string of the molecule is CC1=CC(=CC(C#N)C#N)C=C(C)O1. The van der Waals surface area contributed by atoms with Crippen molar-refractivity contribution >= 4 is 0 Å². The van der Waals surface area contributed by atoms with Gasteiger partial charge in [0.05, 0.1) is 12.1 Å². The third kappa shape index (κ3) is 2.50. The number of allylic oxidation sites excluding steroid dienone is 6. The van der Waals surface area contributed by atoms with E-state index in [9.17, 15) is 0 Å². The summed E-state index contributed by atoms with van der Waals surface area (Å²) in [5.41, 5.74) is 0.847. The van der Waals surface area contributed by atoms with E-state index in [1.54, 1.807) is 18.2 Å². The van der Waals surface area contributed by atoms with Gasteiger partial charge < -0.3 is 4.74 Å². The summed E-state index contributed by atoms with van der Waals surface area (Å²) in [6, 6.07) is 3.78. The van der Waals surface area contributed by atoms with Crippen LogP contribution >= 0.6 is 0 Å². The largest absolute Gasteiger partial charge is 0.467 e. The second-order valence-electron chi connectivity index (χ2n) is 3.01. The summed E-state index contributed by atoms with van der Waals surface area (Å²) in [6.07, 6.45) is 5.22. The van der Waals surface area contributed by atoms with E-state index < -0.39 is 5.92 Å². The van der Waals surface area contributed by atoms with Crippen LogP contribution in [0.3, 0.4) is 0 Å². The summed E-state index contributed by atoms with van der Waals surface area (Å²) >= 11 is 0. The molecule has 0 bridgehead atoms. The van der Waals surface area contributed by atoms with E-state index in [4.69, 9.17) is 15.3 Å². The lowest BCUT2D eigenvalue weighted by Crippen LogP contribution is -1.96. The molecule has 1 heterocycles. The molecule has 0 atom stereocenters. The van der Waals surface area contributed by atoms with Crippen molar-refractivity contribution in [2.24, 2.45) is 5.92 Å². The summed E-state index contributed by atoms with van der Waals surface area (Å²) in [5, 5.41) is 17.2. The molecular formula is C11H10N2O. The molecule has 1 aliphatic rings. The van der Waals surface area contributed by atoms with E-state index in [0.29, 0.717) is 0 Å². The molecule has 0 saturated heterocycles. The van der Waals surface area contributed by atoms with E-state index in [-0.39, 0.29) is 0 Å². The fourth-order valence-corrected chi connectivity index (χ4v) is 1.22. The van der Waals surface area contributed by atoms with Crippen molar-refractivity contribution in [3.8, 4) is 12.1 Å². The Morgan fingerprint density at radius 3 is 2.14 bits per heavy atom. The summed E-state index contributed by atoms with van der Waals surface area (Å²) in [5.74, 6) is 0.841. The Balaban J connectivity index is 2.94. The van der Waals surface area contributed by atoms with Crippen LogP contribution in [0.15, 0.2) is 35.3 Å². The monoisotopic (exact) mass is 186 g/mol. The standard InChI is InChI=1S/C11H10N2O/c1-8-3-10(4-9(2)14-8)5-11(6-12)7-13/h3-5,11H,1-2H3. The first-order chi connectivity index (χ1) is 6.65. The van der Waals surface area contributed by atoms with Gasteiger partial charge in [-0.2, -0.15) is 10.5 Å². The second kappa shape index (κ2) is 4.30. The zero-order chi connectivity index (χ0) is 10.6. The number of ether oxygens (including phenoxy) is 1. The fraction of sp³-hybridized carbons (Fsp3) is 0.273. The van der Waals surface area contributed by atoms with Gasteiger partial charge in [-0.1, -0.05) is 0 Å². The Kier molecular flexibility index (Phi) is 3.09. The highest BCUT2D eigenvalue weighted by molar-refractivity contribution is 5.38. The third-order valence-corrected chi connectivity index (χ3v) is 1.70. The van der Waals surface area contributed by atoms with Crippen LogP contribution in [-0.4, -0.2) is 0 Å². The average Bonchev–Trinajstić information content (AvgIpc) is 2.12. The first kappa shape index (κ1) is 10.1. The maximum Gasteiger partial charge on any atom is 0.152 e. The topological polar surface area (TPSA) is 56.8 Å². The number of hydrogen-bond acceptors (Lipinski definition) is 3. The van der Waals surface area contributed by atoms with Gasteiger partial charge in [-0.05, 0) is 37.6 Å². The van der Waals surface area contributed by atoms with Gasteiger partial charge in [-0.15, -0.1) is 0 Å². The van der Waals surface area contributed by atoms with Crippen molar-refractivity contribution in [3.05, 3.63) is 35.3 Å². The van der Waals surface area contributed by atoms with Crippen molar-refractivity contribution in [1.29, 1.82) is 10.5 Å². The molecule has 3 nitrogen and oxygen atoms in total. The molecule has 0 aromatic carbocycles. The smallest absolute Gasteiger partial charge is 0.152 e. The van der Waals surface area contributed by atoms with Crippen LogP contribution in [0.5, 0.6) is 0 Å². The van der Waals surface area contributed by atoms with Crippen LogP contribution in [0.25, 0.3) is 0 Å². The predicted octanol–water partition coefficient (Wildman–Crippen LogP) is 2.41. The Bertz CT molecular complexity index is 368. The van der Waals surface area contributed by atoms with Crippen LogP contribution in [0.2, 0.25) is 0 Å². The third-order valence-electron chi connectivity index (χ3n) is 1.70. The minimum atomic E-state index is -0.698. The molecule has 14 heavy (non-hydrogen) atoms. The van der Waals surface area contributed by atoms with Crippen molar-refractivity contribution in [3.63, 3.8) is 0 Å². The van der Waals surface area contributed by atoms with Gasteiger partial charge in [0.15, 0.2) is 5.92 Å². The minimum absolute atomic E-state index is 0.698. The maximum atomic E-state index is 8.60. The molecule has 0 aromatic heterocycles. The van der Waals surface area contributed by atoms with Crippen molar-refractivity contribution in [2.45, 2.75) is 13.8 Å². The number of hydrogen-bond donors (Lipinski definition) is 0. The van der Waals surface area contributed by atoms with Gasteiger partial charge in [0, 0.05) is 0 Å². The van der Waals surface area contributed by atoms with Crippen LogP contribution in [0.1, 0.15) is 13.8 Å². The van der Waals surface area contributed by atoms with E-state index in [0.717, 1.165) is 17.1 Å². The molecular weight excluding hydrogens is 176 g/mol. The zero-order valence-electron chi connectivity index (χ0n) is 8.11. The highest BCUT2D eigenvalue weighted by atomic mass is 16.5. The minimum Gasteiger partial charge on any atom is -0.467 e. The summed E-state index contributed by atoms with van der Waals surface area (Å²) in [6.45, 7) is 3.66. The van der Waals surface area contributed by atoms with E-state index in [2.05, 4.69) is 0 Å². The Hall–Kier alpha value is -2.00. The lowest BCUT2D eigenvalue weighted by atomic mass is 10.1. The molecule has 1 rings (SSSR count). The van der Waals surface area contributed by atoms with E-state index >= 15 is 0 Å². The normalized spacial score (nSPS) is 14.8. The number of rotatable bonds is 1. The highest BCUT2D eigenvalue weighted by Gasteiger charge is 2.06. The van der Waals surface area contributed by atoms with Gasteiger partial charge in [0.25, 0.3) is 0 Å². The fourth-order valence-electron chi connectivity index (χ4n) is 1.22. The Morgan fingerprint density at radius 2 is 1.71 bits per heavy atom. The van der Waals surface area contributed by atoms with Crippen molar-refractivity contribution in [2.75, 3.05) is 0 Å². The maximum absolute atomic E-state index is 8.60. The first-order valence-electron chi connectivity index (χ1n) is 4.21. The van der Waals surface area contributed by atoms with E-state index in [1.807, 2.05) is 26.0 Å². The van der Waals surface area contributed by atoms with Crippen molar-refractivity contribution < 1.29 is 4.74 Å². The predicted molar refractivity (Wildman–Crippen MR) is 51.4 cm³/mol. The highest BCUT2D eigenvalue weighted by Crippen LogP contribution is 2.19. The second-order valence-corrected chi connectivity index (χ2v) is 3.01. The van der Waals surface area contributed by atoms with Gasteiger partial charge in [0.2, 0.25) is 0 Å². The Morgan fingerprint density at radius 1 is 1.21 bits per heavy atom. The summed E-state index contributed by atoms with van der Waals surface area (Å²) < 4.78 is 5.28. The molecule has 0 spiro atoms. The number of nitrogens with zero attached hydrogens (tertiary/aromatic N) is 2. The van der Waals surface area contributed by atoms with Crippen LogP contribution < -0.4 is 0 Å². The lowest BCUT2D eigenvalue weighted by Gasteiger charge is -2.12. The molecule has 0 fully saturated rings. The first-order valence-corrected chi connectivity index (χ1v) is 4.21. The molecule has 0 saturated carbocycles. The molecule has 1 aliphatic heterocycles. The molecule has 0 amide bonds. The van der Waals surface area contributed by atoms with Crippen LogP contribution in [-0.2, 0) is 4.74 Å². The average molecular weight is 186 g/mol. The van der Waals surface area contributed by atoms with Crippen LogP contribution in [0, 0.1) is 28.6 Å². The number of nitriles is 2. The summed E-state index contributed by atoms with van der Waals surface area (Å²) in [4.78, 5) is 0. The molecule has 0 unspecified atom stereocenters. The molecule has 70 valence electrons. The van der Waals surface area contributed by atoms with E-state index in [1.165, 1.54) is 0 Å². The van der Waals surface area contributed by atoms with Gasteiger partial charge in [0.1, 0.15) is 11.5 Å². The van der Waals surface area contributed by atoms with Crippen LogP contribution in [0.4, 0.5) is 0 Å². The molecule has 0 aromatic rings.